The maximum absolute atomic E-state index is 14.6. The number of halogens is 3. The molecule has 4 aliphatic rings. The number of amides is 1. The zero-order chi connectivity index (χ0) is 33.4. The molecular weight excluding hydrogens is 621 g/mol. The number of nitrogens with two attached hydrogens (primary N) is 1. The average molecular weight is 655 g/mol. The number of rotatable bonds is 8. The summed E-state index contributed by atoms with van der Waals surface area (Å²) >= 11 is 0. The molecule has 0 radical (unpaired) electrons. The van der Waals surface area contributed by atoms with Crippen molar-refractivity contribution in [2.75, 3.05) is 29.0 Å². The molecule has 1 saturated heterocycles. The second-order valence-corrected chi connectivity index (χ2v) is 13.8. The van der Waals surface area contributed by atoms with Gasteiger partial charge in [0.25, 0.3) is 5.91 Å². The number of alkyl halides is 3. The third-order valence-electron chi connectivity index (χ3n) is 10.2. The number of fused-ring (bicyclic) bond motifs is 1. The van der Waals surface area contributed by atoms with Gasteiger partial charge in [-0.3, -0.25) is 14.6 Å². The number of carbonyl (C=O) groups is 1. The Bertz CT molecular complexity index is 2010. The monoisotopic (exact) mass is 654 g/mol. The van der Waals surface area contributed by atoms with Crippen LogP contribution in [0.4, 0.5) is 30.6 Å². The summed E-state index contributed by atoms with van der Waals surface area (Å²) in [5.41, 5.74) is 7.42. The van der Waals surface area contributed by atoms with Crippen LogP contribution in [0.25, 0.3) is 22.5 Å². The number of aromatic nitrogens is 5. The van der Waals surface area contributed by atoms with Crippen LogP contribution in [0.15, 0.2) is 42.9 Å². The van der Waals surface area contributed by atoms with E-state index in [1.54, 1.807) is 48.4 Å². The molecule has 8 rings (SSSR count). The van der Waals surface area contributed by atoms with E-state index < -0.39 is 23.2 Å². The number of nitrogens with zero attached hydrogens (tertiary/aromatic N) is 8. The van der Waals surface area contributed by atoms with E-state index in [4.69, 9.17) is 10.7 Å². The van der Waals surface area contributed by atoms with Crippen LogP contribution in [0, 0.1) is 16.7 Å². The van der Waals surface area contributed by atoms with Crippen LogP contribution in [0.1, 0.15) is 65.6 Å². The molecular formula is C34H33F3N10O. The van der Waals surface area contributed by atoms with E-state index in [0.29, 0.717) is 45.9 Å². The van der Waals surface area contributed by atoms with Crippen molar-refractivity contribution in [2.45, 2.75) is 63.3 Å². The zero-order valence-electron chi connectivity index (χ0n) is 26.3. The SMILES string of the molecule is Cn1cnnc1-c1cc(N)ncc1-c1cc(NC2(CC#N)CC2)nc(N2Cc3c(cc(CN4CCC5(CC5)C4)cc3C(F)(F)F)C2=O)c1. The molecule has 2 aliphatic carbocycles. The fraction of sp³-hybridized carbons (Fsp3) is 0.412. The highest BCUT2D eigenvalue weighted by Gasteiger charge is 2.48. The Labute approximate surface area is 274 Å². The molecule has 246 valence electrons. The lowest BCUT2D eigenvalue weighted by molar-refractivity contribution is -0.138. The summed E-state index contributed by atoms with van der Waals surface area (Å²) in [7, 11) is 1.79. The van der Waals surface area contributed by atoms with Crippen molar-refractivity contribution in [3.05, 3.63) is 65.1 Å². The molecule has 1 spiro atoms. The third-order valence-corrected chi connectivity index (χ3v) is 10.2. The van der Waals surface area contributed by atoms with Crippen LogP contribution in [-0.4, -0.2) is 54.2 Å². The average Bonchev–Trinajstić information content (AvgIpc) is 3.83. The molecule has 14 heteroatoms. The largest absolute Gasteiger partial charge is 0.416 e. The number of anilines is 3. The van der Waals surface area contributed by atoms with Crippen LogP contribution >= 0.6 is 0 Å². The van der Waals surface area contributed by atoms with E-state index in [9.17, 15) is 23.2 Å². The number of nitrogen functional groups attached to an aromatic ring is 1. The van der Waals surface area contributed by atoms with Gasteiger partial charge in [-0.15, -0.1) is 10.2 Å². The highest BCUT2D eigenvalue weighted by atomic mass is 19.4. The van der Waals surface area contributed by atoms with Gasteiger partial charge < -0.3 is 15.6 Å². The van der Waals surface area contributed by atoms with Crippen molar-refractivity contribution in [3.63, 3.8) is 0 Å². The van der Waals surface area contributed by atoms with E-state index in [0.717, 1.165) is 32.4 Å². The molecule has 0 bridgehead atoms. The number of nitriles is 1. The molecule has 11 nitrogen and oxygen atoms in total. The number of hydrogen-bond acceptors (Lipinski definition) is 9. The van der Waals surface area contributed by atoms with Crippen molar-refractivity contribution >= 4 is 23.4 Å². The van der Waals surface area contributed by atoms with Crippen molar-refractivity contribution in [3.8, 4) is 28.6 Å². The lowest BCUT2D eigenvalue weighted by Crippen LogP contribution is -2.26. The molecule has 3 N–H and O–H groups in total. The normalized spacial score (nSPS) is 19.1. The Hall–Kier alpha value is -5.03. The fourth-order valence-corrected chi connectivity index (χ4v) is 7.21. The van der Waals surface area contributed by atoms with Crippen LogP contribution in [0.3, 0.4) is 0 Å². The molecule has 0 atom stereocenters. The number of nitrogens with one attached hydrogen (secondary N) is 1. The van der Waals surface area contributed by atoms with Crippen molar-refractivity contribution in [1.82, 2.24) is 29.6 Å². The predicted octanol–water partition coefficient (Wildman–Crippen LogP) is 5.54. The van der Waals surface area contributed by atoms with Gasteiger partial charge in [-0.1, -0.05) is 0 Å². The summed E-state index contributed by atoms with van der Waals surface area (Å²) in [6.07, 6.45) is 3.68. The number of benzene rings is 1. The van der Waals surface area contributed by atoms with Gasteiger partial charge in [0.05, 0.1) is 30.1 Å². The summed E-state index contributed by atoms with van der Waals surface area (Å²) in [6, 6.07) is 10.2. The predicted molar refractivity (Wildman–Crippen MR) is 171 cm³/mol. The van der Waals surface area contributed by atoms with Crippen LogP contribution in [0.5, 0.6) is 0 Å². The quantitative estimate of drug-likeness (QED) is 0.250. The highest BCUT2D eigenvalue weighted by molar-refractivity contribution is 6.10. The Morgan fingerprint density at radius 2 is 1.88 bits per heavy atom. The Morgan fingerprint density at radius 1 is 1.06 bits per heavy atom. The van der Waals surface area contributed by atoms with Gasteiger partial charge in [0, 0.05) is 43.0 Å². The van der Waals surface area contributed by atoms with Gasteiger partial charge in [0.2, 0.25) is 0 Å². The van der Waals surface area contributed by atoms with Gasteiger partial charge >= 0.3 is 6.18 Å². The number of pyridine rings is 2. The number of carbonyl (C=O) groups excluding carboxylic acids is 1. The molecule has 2 aliphatic heterocycles. The van der Waals surface area contributed by atoms with Gasteiger partial charge in [0.1, 0.15) is 23.8 Å². The number of aryl methyl sites for hydroxylation is 1. The number of likely N-dealkylation sites (tertiary alicyclic amines) is 1. The first-order valence-electron chi connectivity index (χ1n) is 16.0. The highest BCUT2D eigenvalue weighted by Crippen LogP contribution is 2.53. The van der Waals surface area contributed by atoms with Crippen LogP contribution in [0.2, 0.25) is 0 Å². The number of hydrogen-bond donors (Lipinski definition) is 2. The zero-order valence-corrected chi connectivity index (χ0v) is 26.3. The first kappa shape index (κ1) is 30.3. The van der Waals surface area contributed by atoms with E-state index in [1.165, 1.54) is 23.8 Å². The molecule has 1 aromatic carbocycles. The second kappa shape index (κ2) is 10.7. The molecule has 3 aromatic heterocycles. The summed E-state index contributed by atoms with van der Waals surface area (Å²) in [5, 5.41) is 21.1. The van der Waals surface area contributed by atoms with Crippen LogP contribution in [-0.2, 0) is 26.3 Å². The van der Waals surface area contributed by atoms with E-state index in [1.807, 2.05) is 0 Å². The summed E-state index contributed by atoms with van der Waals surface area (Å²) in [6.45, 7) is 1.80. The van der Waals surface area contributed by atoms with Crippen molar-refractivity contribution < 1.29 is 18.0 Å². The molecule has 2 saturated carbocycles. The minimum absolute atomic E-state index is 0.0407. The first-order chi connectivity index (χ1) is 22.9. The summed E-state index contributed by atoms with van der Waals surface area (Å²) < 4.78 is 45.4. The molecule has 0 unspecified atom stereocenters. The molecule has 3 fully saturated rings. The van der Waals surface area contributed by atoms with Crippen molar-refractivity contribution in [1.29, 1.82) is 5.26 Å². The lowest BCUT2D eigenvalue weighted by atomic mass is 9.98. The van der Waals surface area contributed by atoms with Gasteiger partial charge in [-0.2, -0.15) is 18.4 Å². The van der Waals surface area contributed by atoms with Gasteiger partial charge in [0.15, 0.2) is 5.82 Å². The maximum atomic E-state index is 14.6. The van der Waals surface area contributed by atoms with Crippen molar-refractivity contribution in [2.24, 2.45) is 12.5 Å². The second-order valence-electron chi connectivity index (χ2n) is 13.8. The fourth-order valence-electron chi connectivity index (χ4n) is 7.21. The summed E-state index contributed by atoms with van der Waals surface area (Å²) in [4.78, 5) is 26.6. The van der Waals surface area contributed by atoms with Crippen LogP contribution < -0.4 is 16.0 Å². The van der Waals surface area contributed by atoms with Gasteiger partial charge in [-0.25, -0.2) is 9.97 Å². The Kier molecular flexibility index (Phi) is 6.79. The minimum Gasteiger partial charge on any atom is -0.384 e. The third kappa shape index (κ3) is 5.41. The van der Waals surface area contributed by atoms with E-state index in [2.05, 4.69) is 31.5 Å². The molecule has 1 amide bonds. The van der Waals surface area contributed by atoms with Gasteiger partial charge in [-0.05, 0) is 91.1 Å². The van der Waals surface area contributed by atoms with E-state index >= 15 is 0 Å². The Balaban J connectivity index is 1.20. The topological polar surface area (TPSA) is 142 Å². The Morgan fingerprint density at radius 3 is 2.54 bits per heavy atom. The molecule has 48 heavy (non-hydrogen) atoms. The van der Waals surface area contributed by atoms with E-state index in [-0.39, 0.29) is 35.7 Å². The lowest BCUT2D eigenvalue weighted by Gasteiger charge is -2.21. The smallest absolute Gasteiger partial charge is 0.384 e. The minimum atomic E-state index is -4.64. The molecule has 5 heterocycles. The summed E-state index contributed by atoms with van der Waals surface area (Å²) in [5.74, 6) is 0.800. The maximum Gasteiger partial charge on any atom is 0.416 e. The molecule has 4 aromatic rings. The standard InChI is InChI=1S/C34H33F3N10O/c1-45-19-41-44-30(45)22-14-27(39)40-15-24(22)21-12-28(43-33(4-5-33)6-8-38)42-29(13-21)47-17-25-23(31(47)48)10-20(11-26(25)34(35,36)37)16-46-9-7-32(18-46)2-3-32/h10-15,19H,2-7,9,16-18H2,1H3,(H2,39,40)(H,42,43). The first-order valence-corrected chi connectivity index (χ1v) is 16.0.